The zero-order valence-electron chi connectivity index (χ0n) is 12.4. The van der Waals surface area contributed by atoms with Gasteiger partial charge in [-0.15, -0.1) is 0 Å². The van der Waals surface area contributed by atoms with Crippen molar-refractivity contribution in [2.45, 2.75) is 25.8 Å². The van der Waals surface area contributed by atoms with E-state index in [1.54, 1.807) is 0 Å². The number of likely N-dealkylation sites (N-methyl/N-ethyl adjacent to an activating group) is 1. The Morgan fingerprint density at radius 2 is 1.80 bits per heavy atom. The van der Waals surface area contributed by atoms with Crippen LogP contribution in [0.25, 0.3) is 10.8 Å². The van der Waals surface area contributed by atoms with Crippen LogP contribution in [0.15, 0.2) is 66.3 Å². The molecule has 0 radical (unpaired) electrons. The standard InChI is InChI=1S/C19H21N/c1-15-10-12-19(2,13-11-15)20(3)18-9-8-16-6-4-5-7-17(16)14-18/h4-12,14H,13H2,1-3H3/t19-/m1/s1. The molecule has 1 atom stereocenters. The van der Waals surface area contributed by atoms with E-state index in [4.69, 9.17) is 0 Å². The third kappa shape index (κ3) is 2.24. The summed E-state index contributed by atoms with van der Waals surface area (Å²) in [6, 6.07) is 15.2. The summed E-state index contributed by atoms with van der Waals surface area (Å²) in [7, 11) is 2.18. The van der Waals surface area contributed by atoms with Gasteiger partial charge in [-0.1, -0.05) is 54.1 Å². The maximum atomic E-state index is 2.37. The van der Waals surface area contributed by atoms with Gasteiger partial charge in [-0.25, -0.2) is 0 Å². The average molecular weight is 263 g/mol. The van der Waals surface area contributed by atoms with Gasteiger partial charge in [0.1, 0.15) is 0 Å². The molecule has 102 valence electrons. The highest BCUT2D eigenvalue weighted by Gasteiger charge is 2.27. The summed E-state index contributed by atoms with van der Waals surface area (Å²) in [5, 5.41) is 2.59. The topological polar surface area (TPSA) is 3.24 Å². The lowest BCUT2D eigenvalue weighted by Crippen LogP contribution is -2.42. The van der Waals surface area contributed by atoms with Crippen LogP contribution in [-0.2, 0) is 0 Å². The molecule has 0 aliphatic heterocycles. The zero-order valence-corrected chi connectivity index (χ0v) is 12.4. The van der Waals surface area contributed by atoms with Crippen LogP contribution in [0.4, 0.5) is 5.69 Å². The number of benzene rings is 2. The summed E-state index contributed by atoms with van der Waals surface area (Å²) in [5.74, 6) is 0. The SMILES string of the molecule is CC1=CC[C@](C)(N(C)c2ccc3ccccc3c2)C=C1. The van der Waals surface area contributed by atoms with Gasteiger partial charge in [-0.05, 0) is 43.2 Å². The van der Waals surface area contributed by atoms with Crippen molar-refractivity contribution in [1.29, 1.82) is 0 Å². The minimum atomic E-state index is 0.0575. The molecule has 2 aromatic carbocycles. The lowest BCUT2D eigenvalue weighted by atomic mass is 9.89. The first kappa shape index (κ1) is 13.0. The third-order valence-electron chi connectivity index (χ3n) is 4.43. The van der Waals surface area contributed by atoms with Gasteiger partial charge in [0, 0.05) is 12.7 Å². The number of fused-ring (bicyclic) bond motifs is 1. The predicted molar refractivity (Wildman–Crippen MR) is 88.3 cm³/mol. The Balaban J connectivity index is 1.96. The van der Waals surface area contributed by atoms with E-state index >= 15 is 0 Å². The van der Waals surface area contributed by atoms with Crippen LogP contribution in [-0.4, -0.2) is 12.6 Å². The van der Waals surface area contributed by atoms with E-state index in [1.807, 2.05) is 0 Å². The lowest BCUT2D eigenvalue weighted by molar-refractivity contribution is 0.547. The largest absolute Gasteiger partial charge is 0.365 e. The Morgan fingerprint density at radius 1 is 1.05 bits per heavy atom. The van der Waals surface area contributed by atoms with E-state index in [0.717, 1.165) is 6.42 Å². The first-order valence-electron chi connectivity index (χ1n) is 7.17. The number of hydrogen-bond acceptors (Lipinski definition) is 1. The highest BCUT2D eigenvalue weighted by atomic mass is 15.2. The van der Waals surface area contributed by atoms with E-state index in [9.17, 15) is 0 Å². The van der Waals surface area contributed by atoms with Gasteiger partial charge in [-0.2, -0.15) is 0 Å². The molecule has 0 saturated heterocycles. The van der Waals surface area contributed by atoms with Crippen molar-refractivity contribution in [3.8, 4) is 0 Å². The predicted octanol–water partition coefficient (Wildman–Crippen LogP) is 4.94. The fourth-order valence-electron chi connectivity index (χ4n) is 2.74. The molecule has 1 nitrogen and oxygen atoms in total. The summed E-state index contributed by atoms with van der Waals surface area (Å²) in [4.78, 5) is 2.37. The minimum absolute atomic E-state index is 0.0575. The second kappa shape index (κ2) is 4.82. The van der Waals surface area contributed by atoms with Gasteiger partial charge in [-0.3, -0.25) is 0 Å². The number of hydrogen-bond donors (Lipinski definition) is 0. The normalized spacial score (nSPS) is 21.9. The van der Waals surface area contributed by atoms with Gasteiger partial charge >= 0.3 is 0 Å². The quantitative estimate of drug-likeness (QED) is 0.741. The fourth-order valence-corrected chi connectivity index (χ4v) is 2.74. The molecule has 1 heteroatoms. The first-order chi connectivity index (χ1) is 9.58. The van der Waals surface area contributed by atoms with Crippen LogP contribution in [0.1, 0.15) is 20.3 Å². The Hall–Kier alpha value is -2.02. The second-order valence-electron chi connectivity index (χ2n) is 5.93. The average Bonchev–Trinajstić information content (AvgIpc) is 2.49. The smallest absolute Gasteiger partial charge is 0.0591 e. The van der Waals surface area contributed by atoms with Crippen LogP contribution < -0.4 is 4.90 Å². The summed E-state index contributed by atoms with van der Waals surface area (Å²) in [5.41, 5.74) is 2.68. The molecule has 1 aliphatic rings. The van der Waals surface area contributed by atoms with Crippen LogP contribution in [0, 0.1) is 0 Å². The first-order valence-corrected chi connectivity index (χ1v) is 7.17. The molecule has 3 rings (SSSR count). The number of allylic oxidation sites excluding steroid dienone is 2. The molecule has 0 fully saturated rings. The highest BCUT2D eigenvalue weighted by molar-refractivity contribution is 5.86. The lowest BCUT2D eigenvalue weighted by Gasteiger charge is -2.39. The van der Waals surface area contributed by atoms with E-state index in [0.29, 0.717) is 0 Å². The molecule has 0 unspecified atom stereocenters. The van der Waals surface area contributed by atoms with Crippen molar-refractivity contribution in [2.24, 2.45) is 0 Å². The molecule has 0 saturated carbocycles. The minimum Gasteiger partial charge on any atom is -0.365 e. The molecule has 20 heavy (non-hydrogen) atoms. The Bertz CT molecular complexity index is 696. The van der Waals surface area contributed by atoms with Crippen LogP contribution in [0.3, 0.4) is 0 Å². The zero-order chi connectivity index (χ0) is 14.2. The van der Waals surface area contributed by atoms with Crippen LogP contribution in [0.2, 0.25) is 0 Å². The van der Waals surface area contributed by atoms with Crippen molar-refractivity contribution in [2.75, 3.05) is 11.9 Å². The number of nitrogens with zero attached hydrogens (tertiary/aromatic N) is 1. The molecule has 0 aromatic heterocycles. The monoisotopic (exact) mass is 263 g/mol. The van der Waals surface area contributed by atoms with Crippen LogP contribution in [0.5, 0.6) is 0 Å². The van der Waals surface area contributed by atoms with E-state index in [1.165, 1.54) is 22.0 Å². The molecule has 0 amide bonds. The molecule has 1 aliphatic carbocycles. The molecule has 0 spiro atoms. The van der Waals surface area contributed by atoms with Crippen LogP contribution >= 0.6 is 0 Å². The fraction of sp³-hybridized carbons (Fsp3) is 0.263. The van der Waals surface area contributed by atoms with E-state index in [-0.39, 0.29) is 5.54 Å². The van der Waals surface area contributed by atoms with E-state index in [2.05, 4.69) is 86.5 Å². The van der Waals surface area contributed by atoms with Gasteiger partial charge in [0.05, 0.1) is 5.54 Å². The Labute approximate surface area is 121 Å². The van der Waals surface area contributed by atoms with Crippen molar-refractivity contribution < 1.29 is 0 Å². The maximum absolute atomic E-state index is 2.37. The number of rotatable bonds is 2. The van der Waals surface area contributed by atoms with Gasteiger partial charge in [0.15, 0.2) is 0 Å². The molecular formula is C19H21N. The molecule has 0 heterocycles. The number of anilines is 1. The van der Waals surface area contributed by atoms with Crippen molar-refractivity contribution in [3.05, 3.63) is 66.3 Å². The Kier molecular flexibility index (Phi) is 3.13. The third-order valence-corrected chi connectivity index (χ3v) is 4.43. The summed E-state index contributed by atoms with van der Waals surface area (Å²) in [6.07, 6.45) is 7.91. The summed E-state index contributed by atoms with van der Waals surface area (Å²) >= 11 is 0. The maximum Gasteiger partial charge on any atom is 0.0591 e. The van der Waals surface area contributed by atoms with Crippen molar-refractivity contribution in [1.82, 2.24) is 0 Å². The van der Waals surface area contributed by atoms with Gasteiger partial charge in [0.2, 0.25) is 0 Å². The summed E-state index contributed by atoms with van der Waals surface area (Å²) in [6.45, 7) is 4.45. The van der Waals surface area contributed by atoms with Gasteiger partial charge < -0.3 is 4.90 Å². The van der Waals surface area contributed by atoms with Crippen molar-refractivity contribution >= 4 is 16.5 Å². The van der Waals surface area contributed by atoms with Crippen molar-refractivity contribution in [3.63, 3.8) is 0 Å². The van der Waals surface area contributed by atoms with E-state index < -0.39 is 0 Å². The second-order valence-corrected chi connectivity index (χ2v) is 5.93. The molecule has 0 N–H and O–H groups in total. The van der Waals surface area contributed by atoms with Gasteiger partial charge in [0.25, 0.3) is 0 Å². The highest BCUT2D eigenvalue weighted by Crippen LogP contribution is 2.32. The molecule has 2 aromatic rings. The Morgan fingerprint density at radius 3 is 2.50 bits per heavy atom. The molecular weight excluding hydrogens is 242 g/mol. The summed E-state index contributed by atoms with van der Waals surface area (Å²) < 4.78 is 0. The molecule has 0 bridgehead atoms.